The second kappa shape index (κ2) is 3.86. The van der Waals surface area contributed by atoms with Crippen molar-refractivity contribution in [2.24, 2.45) is 0 Å². The summed E-state index contributed by atoms with van der Waals surface area (Å²) in [5, 5.41) is 8.72. The van der Waals surface area contributed by atoms with Gasteiger partial charge in [0.2, 0.25) is 5.67 Å². The molecular formula is C10H11FO4S. The number of benzene rings is 1. The van der Waals surface area contributed by atoms with Gasteiger partial charge in [0.25, 0.3) is 0 Å². The maximum absolute atomic E-state index is 13.9. The average Bonchev–Trinajstić information content (AvgIpc) is 2.16. The van der Waals surface area contributed by atoms with Gasteiger partial charge in [-0.2, -0.15) is 0 Å². The Morgan fingerprint density at radius 2 is 1.88 bits per heavy atom. The second-order valence-electron chi connectivity index (χ2n) is 3.58. The van der Waals surface area contributed by atoms with E-state index >= 15 is 0 Å². The number of halogens is 1. The molecule has 4 nitrogen and oxygen atoms in total. The summed E-state index contributed by atoms with van der Waals surface area (Å²) >= 11 is 0. The Morgan fingerprint density at radius 3 is 2.31 bits per heavy atom. The van der Waals surface area contributed by atoms with Crippen LogP contribution in [0.2, 0.25) is 0 Å². The van der Waals surface area contributed by atoms with Crippen molar-refractivity contribution >= 4 is 15.8 Å². The van der Waals surface area contributed by atoms with Crippen molar-refractivity contribution in [2.45, 2.75) is 17.5 Å². The third-order valence-corrected chi connectivity index (χ3v) is 3.35. The first-order valence-electron chi connectivity index (χ1n) is 4.39. The first kappa shape index (κ1) is 12.6. The summed E-state index contributed by atoms with van der Waals surface area (Å²) in [6.45, 7) is 0.819. The lowest BCUT2D eigenvalue weighted by Gasteiger charge is -2.18. The van der Waals surface area contributed by atoms with E-state index in [1.165, 1.54) is 18.2 Å². The number of rotatable bonds is 3. The normalized spacial score (nSPS) is 15.4. The minimum absolute atomic E-state index is 0.303. The van der Waals surface area contributed by atoms with Crippen molar-refractivity contribution in [3.63, 3.8) is 0 Å². The summed E-state index contributed by atoms with van der Waals surface area (Å²) in [5.41, 5.74) is -3.08. The molecule has 1 aromatic carbocycles. The summed E-state index contributed by atoms with van der Waals surface area (Å²) < 4.78 is 36.6. The molecule has 0 radical (unpaired) electrons. The molecule has 1 atom stereocenters. The van der Waals surface area contributed by atoms with Crippen LogP contribution >= 0.6 is 0 Å². The standard InChI is InChI=1S/C10H11FO4S/c1-10(11,9(12)13)7-5-3-4-6-8(7)16(2,14)15/h3-6H,1-2H3,(H,12,13). The molecule has 1 rings (SSSR count). The van der Waals surface area contributed by atoms with Crippen LogP contribution < -0.4 is 0 Å². The number of alkyl halides is 1. The summed E-state index contributed by atoms with van der Waals surface area (Å²) in [7, 11) is -3.65. The molecule has 0 aliphatic heterocycles. The number of hydrogen-bond donors (Lipinski definition) is 1. The molecule has 0 heterocycles. The largest absolute Gasteiger partial charge is 0.479 e. The molecule has 16 heavy (non-hydrogen) atoms. The molecule has 0 saturated carbocycles. The zero-order chi connectivity index (χ0) is 12.6. The zero-order valence-corrected chi connectivity index (χ0v) is 9.58. The number of carboxylic acid groups (broad SMARTS) is 1. The van der Waals surface area contributed by atoms with Gasteiger partial charge in [-0.05, 0) is 13.0 Å². The molecule has 1 aromatic rings. The molecule has 0 fully saturated rings. The third kappa shape index (κ3) is 2.21. The van der Waals surface area contributed by atoms with Gasteiger partial charge in [0.05, 0.1) is 4.90 Å². The Hall–Kier alpha value is -1.43. The van der Waals surface area contributed by atoms with Crippen molar-refractivity contribution in [1.82, 2.24) is 0 Å². The molecule has 0 aliphatic carbocycles. The van der Waals surface area contributed by atoms with E-state index in [9.17, 15) is 17.6 Å². The highest BCUT2D eigenvalue weighted by molar-refractivity contribution is 7.90. The van der Waals surface area contributed by atoms with E-state index in [2.05, 4.69) is 0 Å². The van der Waals surface area contributed by atoms with Crippen LogP contribution in [-0.2, 0) is 20.3 Å². The van der Waals surface area contributed by atoms with Gasteiger partial charge >= 0.3 is 5.97 Å². The van der Waals surface area contributed by atoms with E-state index in [-0.39, 0.29) is 10.5 Å². The first-order chi connectivity index (χ1) is 7.17. The topological polar surface area (TPSA) is 71.4 Å². The summed E-state index contributed by atoms with van der Waals surface area (Å²) in [6.07, 6.45) is 0.907. The maximum atomic E-state index is 13.9. The lowest BCUT2D eigenvalue weighted by molar-refractivity contribution is -0.150. The Balaban J connectivity index is 3.53. The fourth-order valence-corrected chi connectivity index (χ4v) is 2.28. The van der Waals surface area contributed by atoms with Crippen LogP contribution in [0.4, 0.5) is 4.39 Å². The second-order valence-corrected chi connectivity index (χ2v) is 5.56. The summed E-state index contributed by atoms with van der Waals surface area (Å²) in [4.78, 5) is 10.4. The smallest absolute Gasteiger partial charge is 0.345 e. The number of aliphatic carboxylic acids is 1. The van der Waals surface area contributed by atoms with Crippen LogP contribution in [0.1, 0.15) is 12.5 Å². The van der Waals surface area contributed by atoms with Gasteiger partial charge in [-0.1, -0.05) is 18.2 Å². The van der Waals surface area contributed by atoms with Gasteiger partial charge in [-0.25, -0.2) is 17.6 Å². The molecule has 0 spiro atoms. The van der Waals surface area contributed by atoms with Gasteiger partial charge < -0.3 is 5.11 Å². The molecule has 0 aliphatic rings. The van der Waals surface area contributed by atoms with E-state index < -0.39 is 21.5 Å². The fourth-order valence-electron chi connectivity index (χ4n) is 1.29. The Labute approximate surface area is 92.6 Å². The van der Waals surface area contributed by atoms with Crippen molar-refractivity contribution < 1.29 is 22.7 Å². The van der Waals surface area contributed by atoms with E-state index in [1.54, 1.807) is 0 Å². The van der Waals surface area contributed by atoms with Gasteiger partial charge in [-0.3, -0.25) is 0 Å². The Bertz CT molecular complexity index is 519. The number of carboxylic acids is 1. The quantitative estimate of drug-likeness (QED) is 0.874. The lowest BCUT2D eigenvalue weighted by Crippen LogP contribution is -2.28. The Morgan fingerprint density at radius 1 is 1.38 bits per heavy atom. The number of hydrogen-bond acceptors (Lipinski definition) is 3. The minimum atomic E-state index is -3.65. The maximum Gasteiger partial charge on any atom is 0.345 e. The Kier molecular flexibility index (Phi) is 3.05. The van der Waals surface area contributed by atoms with Crippen molar-refractivity contribution in [2.75, 3.05) is 6.26 Å². The predicted octanol–water partition coefficient (Wildman–Crippen LogP) is 1.36. The molecule has 88 valence electrons. The predicted molar refractivity (Wildman–Crippen MR) is 55.6 cm³/mol. The average molecular weight is 246 g/mol. The molecular weight excluding hydrogens is 235 g/mol. The summed E-state index contributed by atoms with van der Waals surface area (Å²) in [6, 6.07) is 5.15. The van der Waals surface area contributed by atoms with Crippen LogP contribution in [0, 0.1) is 0 Å². The van der Waals surface area contributed by atoms with Crippen LogP contribution in [0.3, 0.4) is 0 Å². The van der Waals surface area contributed by atoms with Gasteiger partial charge in [0, 0.05) is 11.8 Å². The molecule has 0 saturated heterocycles. The van der Waals surface area contributed by atoms with E-state index in [0.29, 0.717) is 0 Å². The molecule has 0 bridgehead atoms. The summed E-state index contributed by atoms with van der Waals surface area (Å²) in [5.74, 6) is -1.72. The molecule has 6 heteroatoms. The molecule has 1 N–H and O–H groups in total. The minimum Gasteiger partial charge on any atom is -0.479 e. The molecule has 1 unspecified atom stereocenters. The molecule has 0 aromatic heterocycles. The van der Waals surface area contributed by atoms with Gasteiger partial charge in [-0.15, -0.1) is 0 Å². The van der Waals surface area contributed by atoms with Gasteiger partial charge in [0.1, 0.15) is 0 Å². The number of sulfone groups is 1. The number of carbonyl (C=O) groups is 1. The lowest BCUT2D eigenvalue weighted by atomic mass is 9.98. The van der Waals surface area contributed by atoms with Crippen LogP contribution in [0.5, 0.6) is 0 Å². The molecule has 0 amide bonds. The van der Waals surface area contributed by atoms with E-state index in [4.69, 9.17) is 5.11 Å². The van der Waals surface area contributed by atoms with Crippen molar-refractivity contribution in [1.29, 1.82) is 0 Å². The highest BCUT2D eigenvalue weighted by atomic mass is 32.2. The highest BCUT2D eigenvalue weighted by Gasteiger charge is 2.38. The van der Waals surface area contributed by atoms with Crippen LogP contribution in [0.15, 0.2) is 29.2 Å². The monoisotopic (exact) mass is 246 g/mol. The SMILES string of the molecule is CC(F)(C(=O)O)c1ccccc1S(C)(=O)=O. The van der Waals surface area contributed by atoms with Crippen molar-refractivity contribution in [3.8, 4) is 0 Å². The van der Waals surface area contributed by atoms with Crippen LogP contribution in [-0.4, -0.2) is 25.7 Å². The van der Waals surface area contributed by atoms with E-state index in [0.717, 1.165) is 19.2 Å². The van der Waals surface area contributed by atoms with Gasteiger partial charge in [0.15, 0.2) is 9.84 Å². The third-order valence-electron chi connectivity index (χ3n) is 2.19. The van der Waals surface area contributed by atoms with Crippen LogP contribution in [0.25, 0.3) is 0 Å². The van der Waals surface area contributed by atoms with Crippen molar-refractivity contribution in [3.05, 3.63) is 29.8 Å². The highest BCUT2D eigenvalue weighted by Crippen LogP contribution is 2.31. The fraction of sp³-hybridized carbons (Fsp3) is 0.300. The first-order valence-corrected chi connectivity index (χ1v) is 6.28. The zero-order valence-electron chi connectivity index (χ0n) is 8.77. The van der Waals surface area contributed by atoms with E-state index in [1.807, 2.05) is 0 Å².